The number of carbonyl (C=O) groups excluding carboxylic acids is 1. The van der Waals surface area contributed by atoms with Gasteiger partial charge in [0.05, 0.1) is 24.3 Å². The molecular formula is C20H18F3N3O3S. The highest BCUT2D eigenvalue weighted by molar-refractivity contribution is 7.10. The van der Waals surface area contributed by atoms with E-state index < -0.39 is 17.8 Å². The van der Waals surface area contributed by atoms with E-state index in [1.807, 2.05) is 18.4 Å². The Morgan fingerprint density at radius 1 is 1.33 bits per heavy atom. The van der Waals surface area contributed by atoms with Gasteiger partial charge in [0.15, 0.2) is 6.10 Å². The lowest BCUT2D eigenvalue weighted by molar-refractivity contribution is -0.137. The molecule has 158 valence electrons. The minimum Gasteiger partial charge on any atom is -0.365 e. The SMILES string of the molecule is CCc1cc(C(=O)N2CCO[C@@H](c3nc(-c4cccc(C(F)(F)F)c4)no3)C2)cs1. The summed E-state index contributed by atoms with van der Waals surface area (Å²) >= 11 is 1.54. The standard InChI is InChI=1S/C20H18F3N3O3S/c1-2-15-9-13(11-30-15)19(27)26-6-7-28-16(10-26)18-24-17(25-29-18)12-4-3-5-14(8-12)20(21,22)23/h3-5,8-9,11,16H,2,6-7,10H2,1H3/t16-/m1/s1. The second-order valence-electron chi connectivity index (χ2n) is 6.80. The molecule has 0 aliphatic carbocycles. The zero-order chi connectivity index (χ0) is 21.3. The molecule has 3 aromatic rings. The van der Waals surface area contributed by atoms with Gasteiger partial charge < -0.3 is 14.2 Å². The van der Waals surface area contributed by atoms with Crippen LogP contribution in [0.1, 0.15) is 39.7 Å². The summed E-state index contributed by atoms with van der Waals surface area (Å²) in [5.74, 6) is 0.0601. The number of carbonyl (C=O) groups is 1. The zero-order valence-electron chi connectivity index (χ0n) is 16.0. The fourth-order valence-corrected chi connectivity index (χ4v) is 3.97. The van der Waals surface area contributed by atoms with Crippen molar-refractivity contribution >= 4 is 17.2 Å². The molecular weight excluding hydrogens is 419 g/mol. The van der Waals surface area contributed by atoms with E-state index in [4.69, 9.17) is 9.26 Å². The van der Waals surface area contributed by atoms with Crippen LogP contribution >= 0.6 is 11.3 Å². The van der Waals surface area contributed by atoms with Gasteiger partial charge in [-0.15, -0.1) is 11.3 Å². The molecule has 10 heteroatoms. The number of thiophene rings is 1. The molecule has 1 aromatic carbocycles. The van der Waals surface area contributed by atoms with E-state index in [2.05, 4.69) is 10.1 Å². The summed E-state index contributed by atoms with van der Waals surface area (Å²) in [4.78, 5) is 19.8. The molecule has 4 rings (SSSR count). The second kappa shape index (κ2) is 8.19. The van der Waals surface area contributed by atoms with Gasteiger partial charge in [-0.2, -0.15) is 18.2 Å². The van der Waals surface area contributed by atoms with Crippen LogP contribution in [0.4, 0.5) is 13.2 Å². The fraction of sp³-hybridized carbons (Fsp3) is 0.350. The first-order chi connectivity index (χ1) is 14.3. The topological polar surface area (TPSA) is 68.5 Å². The van der Waals surface area contributed by atoms with Gasteiger partial charge in [-0.1, -0.05) is 24.2 Å². The Kier molecular flexibility index (Phi) is 5.61. The molecule has 0 spiro atoms. The molecule has 0 saturated carbocycles. The Morgan fingerprint density at radius 3 is 2.90 bits per heavy atom. The van der Waals surface area contributed by atoms with E-state index in [1.54, 1.807) is 16.2 Å². The van der Waals surface area contributed by atoms with E-state index in [9.17, 15) is 18.0 Å². The molecule has 1 aliphatic heterocycles. The number of aryl methyl sites for hydroxylation is 1. The normalized spacial score (nSPS) is 17.3. The minimum atomic E-state index is -4.46. The van der Waals surface area contributed by atoms with E-state index in [-0.39, 0.29) is 29.7 Å². The Balaban J connectivity index is 1.50. The average molecular weight is 437 g/mol. The van der Waals surface area contributed by atoms with Crippen molar-refractivity contribution in [3.05, 3.63) is 57.6 Å². The Labute approximate surface area is 174 Å². The van der Waals surface area contributed by atoms with Crippen LogP contribution in [0.3, 0.4) is 0 Å². The monoisotopic (exact) mass is 437 g/mol. The van der Waals surface area contributed by atoms with Crippen molar-refractivity contribution in [2.75, 3.05) is 19.7 Å². The number of morpholine rings is 1. The number of rotatable bonds is 4. The van der Waals surface area contributed by atoms with Crippen LogP contribution in [-0.2, 0) is 17.3 Å². The largest absolute Gasteiger partial charge is 0.416 e. The van der Waals surface area contributed by atoms with Crippen LogP contribution in [0.15, 0.2) is 40.2 Å². The molecule has 0 bridgehead atoms. The quantitative estimate of drug-likeness (QED) is 0.597. The molecule has 1 aliphatic rings. The van der Waals surface area contributed by atoms with Crippen molar-refractivity contribution in [2.45, 2.75) is 25.6 Å². The van der Waals surface area contributed by atoms with Crippen molar-refractivity contribution in [3.8, 4) is 11.4 Å². The van der Waals surface area contributed by atoms with E-state index in [0.717, 1.165) is 23.4 Å². The second-order valence-corrected chi connectivity index (χ2v) is 7.80. The van der Waals surface area contributed by atoms with Crippen LogP contribution in [0, 0.1) is 0 Å². The van der Waals surface area contributed by atoms with E-state index in [0.29, 0.717) is 18.7 Å². The molecule has 0 N–H and O–H groups in total. The minimum absolute atomic E-state index is 0.0357. The van der Waals surface area contributed by atoms with Crippen LogP contribution in [0.5, 0.6) is 0 Å². The summed E-state index contributed by atoms with van der Waals surface area (Å²) in [5, 5.41) is 5.63. The van der Waals surface area contributed by atoms with Crippen molar-refractivity contribution in [2.24, 2.45) is 0 Å². The predicted octanol–water partition coefficient (Wildman–Crippen LogP) is 4.59. The third-order valence-electron chi connectivity index (χ3n) is 4.77. The van der Waals surface area contributed by atoms with Crippen LogP contribution in [0.25, 0.3) is 11.4 Å². The summed E-state index contributed by atoms with van der Waals surface area (Å²) in [6, 6.07) is 6.59. The van der Waals surface area contributed by atoms with E-state index >= 15 is 0 Å². The first-order valence-corrected chi connectivity index (χ1v) is 10.2. The third kappa shape index (κ3) is 4.24. The van der Waals surface area contributed by atoms with Crippen molar-refractivity contribution in [3.63, 3.8) is 0 Å². The maximum Gasteiger partial charge on any atom is 0.416 e. The van der Waals surface area contributed by atoms with Gasteiger partial charge in [0.2, 0.25) is 5.82 Å². The number of amides is 1. The lowest BCUT2D eigenvalue weighted by atomic mass is 10.1. The molecule has 1 atom stereocenters. The first-order valence-electron chi connectivity index (χ1n) is 9.34. The highest BCUT2D eigenvalue weighted by atomic mass is 32.1. The molecule has 30 heavy (non-hydrogen) atoms. The average Bonchev–Trinajstić information content (AvgIpc) is 3.43. The summed E-state index contributed by atoms with van der Waals surface area (Å²) in [6.45, 7) is 2.98. The van der Waals surface area contributed by atoms with Gasteiger partial charge >= 0.3 is 6.18 Å². The van der Waals surface area contributed by atoms with Crippen molar-refractivity contribution in [1.29, 1.82) is 0 Å². The molecule has 3 heterocycles. The Hall–Kier alpha value is -2.72. The van der Waals surface area contributed by atoms with Gasteiger partial charge in [0.25, 0.3) is 11.8 Å². The highest BCUT2D eigenvalue weighted by Crippen LogP contribution is 2.32. The number of nitrogens with zero attached hydrogens (tertiary/aromatic N) is 3. The van der Waals surface area contributed by atoms with Crippen LogP contribution in [0.2, 0.25) is 0 Å². The molecule has 1 amide bonds. The van der Waals surface area contributed by atoms with Gasteiger partial charge in [-0.3, -0.25) is 4.79 Å². The zero-order valence-corrected chi connectivity index (χ0v) is 16.8. The maximum atomic E-state index is 12.9. The number of aromatic nitrogens is 2. The lowest BCUT2D eigenvalue weighted by Crippen LogP contribution is -2.42. The summed E-state index contributed by atoms with van der Waals surface area (Å²) in [5.41, 5.74) is 0.0286. The van der Waals surface area contributed by atoms with Gasteiger partial charge in [0, 0.05) is 22.4 Å². The summed E-state index contributed by atoms with van der Waals surface area (Å²) < 4.78 is 49.7. The molecule has 2 aromatic heterocycles. The number of hydrogen-bond donors (Lipinski definition) is 0. The van der Waals surface area contributed by atoms with Gasteiger partial charge in [0.1, 0.15) is 0 Å². The molecule has 6 nitrogen and oxygen atoms in total. The Bertz CT molecular complexity index is 1050. The van der Waals surface area contributed by atoms with Crippen molar-refractivity contribution in [1.82, 2.24) is 15.0 Å². The molecule has 1 fully saturated rings. The van der Waals surface area contributed by atoms with Crippen LogP contribution in [-0.4, -0.2) is 40.6 Å². The van der Waals surface area contributed by atoms with Gasteiger partial charge in [-0.25, -0.2) is 0 Å². The number of halogens is 3. The predicted molar refractivity (Wildman–Crippen MR) is 103 cm³/mol. The van der Waals surface area contributed by atoms with Crippen molar-refractivity contribution < 1.29 is 27.2 Å². The molecule has 1 saturated heterocycles. The smallest absolute Gasteiger partial charge is 0.365 e. The summed E-state index contributed by atoms with van der Waals surface area (Å²) in [6.07, 6.45) is -4.24. The fourth-order valence-electron chi connectivity index (χ4n) is 3.16. The van der Waals surface area contributed by atoms with Crippen LogP contribution < -0.4 is 0 Å². The first kappa shape index (κ1) is 20.5. The molecule has 0 unspecified atom stereocenters. The number of alkyl halides is 3. The number of benzene rings is 1. The highest BCUT2D eigenvalue weighted by Gasteiger charge is 2.32. The maximum absolute atomic E-state index is 12.9. The van der Waals surface area contributed by atoms with E-state index in [1.165, 1.54) is 12.1 Å². The number of ether oxygens (including phenoxy) is 1. The Morgan fingerprint density at radius 2 is 2.17 bits per heavy atom. The third-order valence-corrected chi connectivity index (χ3v) is 5.85. The summed E-state index contributed by atoms with van der Waals surface area (Å²) in [7, 11) is 0. The van der Waals surface area contributed by atoms with Gasteiger partial charge in [-0.05, 0) is 24.6 Å². The number of hydrogen-bond acceptors (Lipinski definition) is 6. The molecule has 0 radical (unpaired) electrons. The lowest BCUT2D eigenvalue weighted by Gasteiger charge is -2.31.